The van der Waals surface area contributed by atoms with Crippen LogP contribution in [0, 0.1) is 0 Å². The number of furan rings is 1. The van der Waals surface area contributed by atoms with Crippen molar-refractivity contribution in [2.45, 2.75) is 19.6 Å². The number of carbonyl (C=O) groups is 1. The molecule has 1 aromatic rings. The van der Waals surface area contributed by atoms with E-state index in [4.69, 9.17) is 14.9 Å². The number of ether oxygens (including phenoxy) is 1. The molecule has 0 bridgehead atoms. The van der Waals surface area contributed by atoms with Gasteiger partial charge in [0.15, 0.2) is 0 Å². The van der Waals surface area contributed by atoms with E-state index >= 15 is 0 Å². The molecule has 0 aliphatic carbocycles. The van der Waals surface area contributed by atoms with Gasteiger partial charge in [0.2, 0.25) is 0 Å². The summed E-state index contributed by atoms with van der Waals surface area (Å²) in [5.41, 5.74) is 5.27. The minimum Gasteiger partial charge on any atom is -0.466 e. The molecule has 0 radical (unpaired) electrons. The summed E-state index contributed by atoms with van der Waals surface area (Å²) in [6.45, 7) is 1.72. The molecule has 4 heteroatoms. The lowest BCUT2D eigenvalue weighted by atomic mass is 10.4. The first-order valence-electron chi connectivity index (χ1n) is 3.65. The van der Waals surface area contributed by atoms with E-state index in [1.807, 2.05) is 0 Å². The van der Waals surface area contributed by atoms with Crippen molar-refractivity contribution in [1.82, 2.24) is 0 Å². The van der Waals surface area contributed by atoms with Crippen LogP contribution in [0.25, 0.3) is 0 Å². The molecule has 0 amide bonds. The summed E-state index contributed by atoms with van der Waals surface area (Å²) in [7, 11) is 0. The Morgan fingerprint density at radius 3 is 3.08 bits per heavy atom. The highest BCUT2D eigenvalue weighted by atomic mass is 16.5. The van der Waals surface area contributed by atoms with Gasteiger partial charge >= 0.3 is 5.97 Å². The smallest absolute Gasteiger partial charge is 0.323 e. The van der Waals surface area contributed by atoms with E-state index in [9.17, 15) is 4.79 Å². The lowest BCUT2D eigenvalue weighted by Gasteiger charge is -2.04. The van der Waals surface area contributed by atoms with E-state index in [0.717, 1.165) is 0 Å². The van der Waals surface area contributed by atoms with Crippen LogP contribution >= 0.6 is 0 Å². The van der Waals surface area contributed by atoms with Crippen LogP contribution in [-0.4, -0.2) is 12.0 Å². The van der Waals surface area contributed by atoms with Crippen molar-refractivity contribution < 1.29 is 13.9 Å². The Balaban J connectivity index is 2.32. The van der Waals surface area contributed by atoms with Gasteiger partial charge in [-0.05, 0) is 19.1 Å². The summed E-state index contributed by atoms with van der Waals surface area (Å²) in [6, 6.07) is 2.88. The molecule has 0 aliphatic rings. The monoisotopic (exact) mass is 169 g/mol. The highest BCUT2D eigenvalue weighted by molar-refractivity contribution is 5.74. The van der Waals surface area contributed by atoms with Gasteiger partial charge in [0.05, 0.1) is 6.26 Å². The van der Waals surface area contributed by atoms with Crippen molar-refractivity contribution in [3.05, 3.63) is 24.2 Å². The first kappa shape index (κ1) is 8.80. The minimum atomic E-state index is -0.583. The zero-order chi connectivity index (χ0) is 8.97. The van der Waals surface area contributed by atoms with Gasteiger partial charge in [0.25, 0.3) is 0 Å². The van der Waals surface area contributed by atoms with Crippen molar-refractivity contribution in [1.29, 1.82) is 0 Å². The molecule has 0 fully saturated rings. The second-order valence-electron chi connectivity index (χ2n) is 2.48. The Kier molecular flexibility index (Phi) is 2.88. The van der Waals surface area contributed by atoms with Crippen LogP contribution in [0.2, 0.25) is 0 Å². The fraction of sp³-hybridized carbons (Fsp3) is 0.375. The molecule has 0 spiro atoms. The Morgan fingerprint density at radius 1 is 1.83 bits per heavy atom. The van der Waals surface area contributed by atoms with Crippen LogP contribution in [0.15, 0.2) is 22.8 Å². The van der Waals surface area contributed by atoms with Crippen molar-refractivity contribution in [3.63, 3.8) is 0 Å². The van der Waals surface area contributed by atoms with E-state index in [-0.39, 0.29) is 6.61 Å². The highest BCUT2D eigenvalue weighted by Gasteiger charge is 2.08. The molecule has 2 N–H and O–H groups in total. The van der Waals surface area contributed by atoms with E-state index in [1.165, 1.54) is 6.26 Å². The molecular formula is C8H11NO3. The number of carbonyl (C=O) groups excluding carboxylic acids is 1. The van der Waals surface area contributed by atoms with Gasteiger partial charge in [-0.25, -0.2) is 0 Å². The topological polar surface area (TPSA) is 65.5 Å². The molecule has 0 aliphatic heterocycles. The lowest BCUT2D eigenvalue weighted by molar-refractivity contribution is -0.146. The van der Waals surface area contributed by atoms with Crippen LogP contribution < -0.4 is 5.73 Å². The summed E-state index contributed by atoms with van der Waals surface area (Å²) in [6.07, 6.45) is 1.52. The second kappa shape index (κ2) is 3.92. The van der Waals surface area contributed by atoms with Gasteiger partial charge in [-0.1, -0.05) is 0 Å². The van der Waals surface area contributed by atoms with Gasteiger partial charge in [0, 0.05) is 0 Å². The van der Waals surface area contributed by atoms with Crippen LogP contribution in [0.5, 0.6) is 0 Å². The van der Waals surface area contributed by atoms with E-state index in [0.29, 0.717) is 5.76 Å². The molecule has 1 atom stereocenters. The number of rotatable bonds is 3. The third kappa shape index (κ3) is 2.39. The minimum absolute atomic E-state index is 0.146. The van der Waals surface area contributed by atoms with Gasteiger partial charge in [-0.15, -0.1) is 0 Å². The Hall–Kier alpha value is -1.29. The van der Waals surface area contributed by atoms with Crippen molar-refractivity contribution in [2.24, 2.45) is 5.73 Å². The molecule has 4 nitrogen and oxygen atoms in total. The summed E-state index contributed by atoms with van der Waals surface area (Å²) in [4.78, 5) is 10.8. The Morgan fingerprint density at radius 2 is 2.58 bits per heavy atom. The zero-order valence-electron chi connectivity index (χ0n) is 6.82. The summed E-state index contributed by atoms with van der Waals surface area (Å²) in [5, 5.41) is 0. The standard InChI is InChI=1S/C8H11NO3/c1-6(9)8(10)12-5-7-3-2-4-11-7/h2-4,6H,5,9H2,1H3/t6-/m0/s1. The van der Waals surface area contributed by atoms with Crippen LogP contribution in [0.1, 0.15) is 12.7 Å². The van der Waals surface area contributed by atoms with Crippen LogP contribution in [-0.2, 0) is 16.1 Å². The van der Waals surface area contributed by atoms with Crippen molar-refractivity contribution in [3.8, 4) is 0 Å². The molecule has 1 rings (SSSR count). The van der Waals surface area contributed by atoms with E-state index in [2.05, 4.69) is 0 Å². The number of esters is 1. The third-order valence-corrected chi connectivity index (χ3v) is 1.31. The average Bonchev–Trinajstić information content (AvgIpc) is 2.51. The molecule has 0 saturated heterocycles. The predicted molar refractivity (Wildman–Crippen MR) is 42.2 cm³/mol. The Labute approximate surface area is 70.3 Å². The molecule has 1 heterocycles. The zero-order valence-corrected chi connectivity index (χ0v) is 6.82. The van der Waals surface area contributed by atoms with Crippen LogP contribution in [0.3, 0.4) is 0 Å². The van der Waals surface area contributed by atoms with Crippen molar-refractivity contribution in [2.75, 3.05) is 0 Å². The second-order valence-corrected chi connectivity index (χ2v) is 2.48. The maximum atomic E-state index is 10.8. The Bertz CT molecular complexity index is 241. The fourth-order valence-electron chi connectivity index (χ4n) is 0.668. The SMILES string of the molecule is C[C@H](N)C(=O)OCc1ccco1. The molecule has 0 saturated carbocycles. The van der Waals surface area contributed by atoms with Gasteiger partial charge < -0.3 is 14.9 Å². The maximum Gasteiger partial charge on any atom is 0.323 e. The molecule has 12 heavy (non-hydrogen) atoms. The summed E-state index contributed by atoms with van der Waals surface area (Å²) >= 11 is 0. The fourth-order valence-corrected chi connectivity index (χ4v) is 0.668. The van der Waals surface area contributed by atoms with Gasteiger partial charge in [-0.2, -0.15) is 0 Å². The van der Waals surface area contributed by atoms with Crippen molar-refractivity contribution >= 4 is 5.97 Å². The average molecular weight is 169 g/mol. The first-order valence-corrected chi connectivity index (χ1v) is 3.65. The highest BCUT2D eigenvalue weighted by Crippen LogP contribution is 2.02. The lowest BCUT2D eigenvalue weighted by Crippen LogP contribution is -2.28. The quantitative estimate of drug-likeness (QED) is 0.675. The number of nitrogens with two attached hydrogens (primary N) is 1. The van der Waals surface area contributed by atoms with E-state index < -0.39 is 12.0 Å². The van der Waals surface area contributed by atoms with Gasteiger partial charge in [-0.3, -0.25) is 4.79 Å². The van der Waals surface area contributed by atoms with E-state index in [1.54, 1.807) is 19.1 Å². The van der Waals surface area contributed by atoms with Crippen LogP contribution in [0.4, 0.5) is 0 Å². The predicted octanol–water partition coefficient (Wildman–Crippen LogP) is 0.670. The molecular weight excluding hydrogens is 158 g/mol. The molecule has 66 valence electrons. The molecule has 0 aromatic carbocycles. The molecule has 1 aromatic heterocycles. The molecule has 0 unspecified atom stereocenters. The maximum absolute atomic E-state index is 10.8. The largest absolute Gasteiger partial charge is 0.466 e. The number of hydrogen-bond acceptors (Lipinski definition) is 4. The summed E-state index contributed by atoms with van der Waals surface area (Å²) in [5.74, 6) is 0.190. The normalized spacial score (nSPS) is 12.5. The van der Waals surface area contributed by atoms with Gasteiger partial charge in [0.1, 0.15) is 18.4 Å². The third-order valence-electron chi connectivity index (χ3n) is 1.31. The first-order chi connectivity index (χ1) is 5.70. The summed E-state index contributed by atoms with van der Waals surface area (Å²) < 4.78 is 9.74. The number of hydrogen-bond donors (Lipinski definition) is 1.